The molecule has 0 heterocycles. The van der Waals surface area contributed by atoms with Gasteiger partial charge in [-0.1, -0.05) is 22.7 Å². The summed E-state index contributed by atoms with van der Waals surface area (Å²) in [7, 11) is 0. The average Bonchev–Trinajstić information content (AvgIpc) is 2.19. The van der Waals surface area contributed by atoms with Crippen LogP contribution in [0.25, 0.3) is 0 Å². The number of rotatable bonds is 1. The molecule has 0 atom stereocenters. The van der Waals surface area contributed by atoms with Crippen LogP contribution in [0.2, 0.25) is 0 Å². The molecule has 0 aromatic heterocycles. The number of halogens is 1. The Bertz CT molecular complexity index is 313. The van der Waals surface area contributed by atoms with E-state index in [4.69, 9.17) is 0 Å². The first-order chi connectivity index (χ1) is 6.24. The van der Waals surface area contributed by atoms with Crippen molar-refractivity contribution in [1.82, 2.24) is 10.9 Å². The lowest BCUT2D eigenvalue weighted by atomic mass is 10.2. The second-order valence-electron chi connectivity index (χ2n) is 2.24. The molecule has 1 aromatic carbocycles. The fourth-order valence-corrected chi connectivity index (χ4v) is 0.788. The number of urea groups is 1. The Balaban J connectivity index is 2.65. The van der Waals surface area contributed by atoms with E-state index >= 15 is 0 Å². The molecule has 68 valence electrons. The molecule has 1 aromatic rings. The van der Waals surface area contributed by atoms with Crippen LogP contribution in [0, 0.1) is 0 Å². The molecule has 1 rings (SSSR count). The maximum absolute atomic E-state index is 11.4. The lowest BCUT2D eigenvalue weighted by Gasteiger charge is -2.00. The van der Waals surface area contributed by atoms with E-state index in [1.807, 2.05) is 0 Å². The fourth-order valence-electron chi connectivity index (χ4n) is 0.788. The van der Waals surface area contributed by atoms with Crippen LogP contribution in [-0.2, 0) is 0 Å². The summed E-state index contributed by atoms with van der Waals surface area (Å²) >= 11 is 0. The number of hydrogen-bond donors (Lipinski definition) is 2. The molecule has 0 aliphatic heterocycles. The van der Waals surface area contributed by atoms with Gasteiger partial charge < -0.3 is 0 Å². The third-order valence-electron chi connectivity index (χ3n) is 1.35. The third kappa shape index (κ3) is 2.55. The summed E-state index contributed by atoms with van der Waals surface area (Å²) in [5.74, 6) is -0.643. The molecular weight excluding hydrogens is 175 g/mol. The average molecular weight is 182 g/mol. The first-order valence-corrected chi connectivity index (χ1v) is 3.51. The molecule has 0 aliphatic carbocycles. The molecule has 3 amide bonds. The first-order valence-electron chi connectivity index (χ1n) is 3.51. The predicted octanol–water partition coefficient (Wildman–Crippen LogP) is 1.01. The van der Waals surface area contributed by atoms with E-state index in [2.05, 4.69) is 0 Å². The molecular formula is C8H7FN2O2. The molecule has 5 heteroatoms. The van der Waals surface area contributed by atoms with Gasteiger partial charge in [-0.05, 0) is 12.1 Å². The molecule has 4 nitrogen and oxygen atoms in total. The van der Waals surface area contributed by atoms with Gasteiger partial charge in [-0.15, -0.1) is 0 Å². The number of benzene rings is 1. The molecule has 13 heavy (non-hydrogen) atoms. The largest absolute Gasteiger partial charge is 0.349 e. The van der Waals surface area contributed by atoms with Crippen molar-refractivity contribution >= 4 is 11.9 Å². The maximum Gasteiger partial charge on any atom is 0.349 e. The van der Waals surface area contributed by atoms with E-state index in [9.17, 15) is 14.1 Å². The number of carbonyl (C=O) groups is 2. The molecule has 0 unspecified atom stereocenters. The number of imide groups is 1. The highest BCUT2D eigenvalue weighted by molar-refractivity contribution is 6.03. The number of nitrogens with one attached hydrogen (secondary N) is 2. The van der Waals surface area contributed by atoms with E-state index in [0.29, 0.717) is 5.56 Å². The summed E-state index contributed by atoms with van der Waals surface area (Å²) in [6, 6.07) is 6.87. The van der Waals surface area contributed by atoms with Crippen LogP contribution in [0.4, 0.5) is 9.28 Å². The zero-order chi connectivity index (χ0) is 9.68. The normalized spacial score (nSPS) is 9.00. The minimum absolute atomic E-state index is 0.297. The van der Waals surface area contributed by atoms with Crippen molar-refractivity contribution in [3.63, 3.8) is 0 Å². The van der Waals surface area contributed by atoms with E-state index in [1.54, 1.807) is 23.5 Å². The predicted molar refractivity (Wildman–Crippen MR) is 43.5 cm³/mol. The van der Waals surface area contributed by atoms with Gasteiger partial charge in [0.05, 0.1) is 0 Å². The van der Waals surface area contributed by atoms with Gasteiger partial charge in [0.2, 0.25) is 0 Å². The van der Waals surface area contributed by atoms with Crippen LogP contribution in [0.5, 0.6) is 0 Å². The summed E-state index contributed by atoms with van der Waals surface area (Å²) in [5, 5.41) is 1.78. The second-order valence-corrected chi connectivity index (χ2v) is 2.24. The van der Waals surface area contributed by atoms with Gasteiger partial charge in [-0.2, -0.15) is 5.54 Å². The molecule has 0 saturated carbocycles. The van der Waals surface area contributed by atoms with Crippen molar-refractivity contribution in [2.24, 2.45) is 0 Å². The van der Waals surface area contributed by atoms with Crippen LogP contribution in [0.15, 0.2) is 30.3 Å². The monoisotopic (exact) mass is 182 g/mol. The van der Waals surface area contributed by atoms with Crippen LogP contribution < -0.4 is 10.9 Å². The van der Waals surface area contributed by atoms with Gasteiger partial charge in [0.1, 0.15) is 0 Å². The van der Waals surface area contributed by atoms with Crippen molar-refractivity contribution < 1.29 is 14.1 Å². The summed E-state index contributed by atoms with van der Waals surface area (Å²) in [6.45, 7) is 0. The van der Waals surface area contributed by atoms with Gasteiger partial charge in [0.15, 0.2) is 0 Å². The third-order valence-corrected chi connectivity index (χ3v) is 1.35. The summed E-state index contributed by atoms with van der Waals surface area (Å²) in [6.07, 6.45) is 0. The van der Waals surface area contributed by atoms with Crippen LogP contribution in [0.3, 0.4) is 0 Å². The Labute approximate surface area is 73.7 Å². The summed E-state index contributed by atoms with van der Waals surface area (Å²) < 4.78 is 11.4. The first kappa shape index (κ1) is 9.18. The Kier molecular flexibility index (Phi) is 2.97. The minimum atomic E-state index is -1.17. The van der Waals surface area contributed by atoms with Crippen molar-refractivity contribution in [1.29, 1.82) is 0 Å². The van der Waals surface area contributed by atoms with Gasteiger partial charge in [0.25, 0.3) is 5.91 Å². The molecule has 0 spiro atoms. The number of carbonyl (C=O) groups excluding carboxylic acids is 2. The minimum Gasteiger partial charge on any atom is -0.272 e. The van der Waals surface area contributed by atoms with Gasteiger partial charge >= 0.3 is 6.03 Å². The highest BCUT2D eigenvalue weighted by Crippen LogP contribution is 1.97. The van der Waals surface area contributed by atoms with Crippen LogP contribution in [-0.4, -0.2) is 11.9 Å². The molecule has 0 aliphatic rings. The van der Waals surface area contributed by atoms with Crippen LogP contribution in [0.1, 0.15) is 10.4 Å². The Morgan fingerprint density at radius 3 is 2.31 bits per heavy atom. The Morgan fingerprint density at radius 2 is 1.77 bits per heavy atom. The van der Waals surface area contributed by atoms with Crippen molar-refractivity contribution in [2.45, 2.75) is 0 Å². The lowest BCUT2D eigenvalue weighted by Crippen LogP contribution is -2.35. The van der Waals surface area contributed by atoms with Crippen molar-refractivity contribution in [3.05, 3.63) is 35.9 Å². The van der Waals surface area contributed by atoms with E-state index < -0.39 is 11.9 Å². The van der Waals surface area contributed by atoms with Gasteiger partial charge in [-0.3, -0.25) is 10.1 Å². The number of hydrogen-bond acceptors (Lipinski definition) is 2. The van der Waals surface area contributed by atoms with E-state index in [-0.39, 0.29) is 0 Å². The topological polar surface area (TPSA) is 58.2 Å². The second kappa shape index (κ2) is 4.20. The van der Waals surface area contributed by atoms with Crippen molar-refractivity contribution in [2.75, 3.05) is 0 Å². The SMILES string of the molecule is O=C(NF)NC(=O)c1ccccc1. The van der Waals surface area contributed by atoms with E-state index in [0.717, 1.165) is 5.54 Å². The molecule has 0 bridgehead atoms. The lowest BCUT2D eigenvalue weighted by molar-refractivity contribution is 0.0958. The van der Waals surface area contributed by atoms with Crippen molar-refractivity contribution in [3.8, 4) is 0 Å². The van der Waals surface area contributed by atoms with E-state index in [1.165, 1.54) is 12.1 Å². The zero-order valence-corrected chi connectivity index (χ0v) is 6.58. The molecule has 0 radical (unpaired) electrons. The standard InChI is InChI=1S/C8H7FN2O2/c9-11-8(13)10-7(12)6-4-2-1-3-5-6/h1-5H,(H2,10,11,12,13). The van der Waals surface area contributed by atoms with Crippen LogP contribution >= 0.6 is 0 Å². The highest BCUT2D eigenvalue weighted by atomic mass is 19.2. The van der Waals surface area contributed by atoms with Gasteiger partial charge in [0, 0.05) is 5.56 Å². The van der Waals surface area contributed by atoms with Gasteiger partial charge in [-0.25, -0.2) is 4.79 Å². The zero-order valence-electron chi connectivity index (χ0n) is 6.58. The molecule has 0 saturated heterocycles. The molecule has 0 fully saturated rings. The highest BCUT2D eigenvalue weighted by Gasteiger charge is 2.07. The summed E-state index contributed by atoms with van der Waals surface area (Å²) in [5.41, 5.74) is 1.09. The summed E-state index contributed by atoms with van der Waals surface area (Å²) in [4.78, 5) is 21.5. The quantitative estimate of drug-likeness (QED) is 0.637. The fraction of sp³-hybridized carbons (Fsp3) is 0. The smallest absolute Gasteiger partial charge is 0.272 e. The Morgan fingerprint density at radius 1 is 1.15 bits per heavy atom. The molecule has 2 N–H and O–H groups in total. The maximum atomic E-state index is 11.4. The Hall–Kier alpha value is -1.91. The number of amides is 3.